The quantitative estimate of drug-likeness (QED) is 0.284. The first-order valence-corrected chi connectivity index (χ1v) is 13.0. The molecule has 6 nitrogen and oxygen atoms in total. The predicted octanol–water partition coefficient (Wildman–Crippen LogP) is 6.58. The van der Waals surface area contributed by atoms with Crippen molar-refractivity contribution in [1.82, 2.24) is 0 Å². The summed E-state index contributed by atoms with van der Waals surface area (Å²) in [6.45, 7) is 3.23. The first-order valence-electron chi connectivity index (χ1n) is 11.2. The summed E-state index contributed by atoms with van der Waals surface area (Å²) in [5, 5.41) is 3.17. The van der Waals surface area contributed by atoms with Gasteiger partial charge in [0.15, 0.2) is 5.75 Å². The Hall–Kier alpha value is -3.81. The maximum atomic E-state index is 13.6. The molecule has 0 radical (unpaired) electrons. The molecule has 0 saturated heterocycles. The van der Waals surface area contributed by atoms with Gasteiger partial charge in [0, 0.05) is 5.02 Å². The van der Waals surface area contributed by atoms with Crippen molar-refractivity contribution < 1.29 is 17.9 Å². The Morgan fingerprint density at radius 1 is 0.889 bits per heavy atom. The standard InChI is InChI=1S/C28H25ClN2O4S/c1-20-13-14-21(2)26(17-20)31(36(33,34)24-11-7-4-8-12-24)19-28(32)30-25-18-22(29)15-16-27(25)35-23-9-5-3-6-10-23/h3-18H,19H2,1-2H3,(H,30,32). The molecule has 0 aromatic heterocycles. The van der Waals surface area contributed by atoms with Crippen molar-refractivity contribution in [1.29, 1.82) is 0 Å². The van der Waals surface area contributed by atoms with Crippen LogP contribution in [0.25, 0.3) is 0 Å². The van der Waals surface area contributed by atoms with Crippen LogP contribution in [0, 0.1) is 13.8 Å². The maximum absolute atomic E-state index is 13.6. The largest absolute Gasteiger partial charge is 0.455 e. The number of rotatable bonds is 8. The molecule has 4 rings (SSSR count). The number of hydrogen-bond acceptors (Lipinski definition) is 4. The van der Waals surface area contributed by atoms with Gasteiger partial charge in [-0.1, -0.05) is 60.1 Å². The highest BCUT2D eigenvalue weighted by Crippen LogP contribution is 2.33. The van der Waals surface area contributed by atoms with Crippen molar-refractivity contribution in [3.63, 3.8) is 0 Å². The highest BCUT2D eigenvalue weighted by molar-refractivity contribution is 7.92. The van der Waals surface area contributed by atoms with E-state index in [9.17, 15) is 13.2 Å². The molecule has 0 spiro atoms. The van der Waals surface area contributed by atoms with Gasteiger partial charge in [0.05, 0.1) is 16.3 Å². The second-order valence-electron chi connectivity index (χ2n) is 8.22. The van der Waals surface area contributed by atoms with Gasteiger partial charge in [-0.3, -0.25) is 9.10 Å². The fourth-order valence-corrected chi connectivity index (χ4v) is 5.30. The molecule has 8 heteroatoms. The Morgan fingerprint density at radius 3 is 2.25 bits per heavy atom. The van der Waals surface area contributed by atoms with Crippen LogP contribution in [0.2, 0.25) is 5.02 Å². The van der Waals surface area contributed by atoms with Gasteiger partial charge in [-0.05, 0) is 73.5 Å². The van der Waals surface area contributed by atoms with Gasteiger partial charge in [0.2, 0.25) is 5.91 Å². The number of hydrogen-bond donors (Lipinski definition) is 1. The number of amides is 1. The van der Waals surface area contributed by atoms with Gasteiger partial charge < -0.3 is 10.1 Å². The van der Waals surface area contributed by atoms with Crippen LogP contribution in [0.15, 0.2) is 102 Å². The molecule has 4 aromatic rings. The van der Waals surface area contributed by atoms with Crippen molar-refractivity contribution in [2.75, 3.05) is 16.2 Å². The number of ether oxygens (including phenoxy) is 1. The van der Waals surface area contributed by atoms with E-state index in [-0.39, 0.29) is 4.90 Å². The van der Waals surface area contributed by atoms with E-state index in [0.717, 1.165) is 15.4 Å². The van der Waals surface area contributed by atoms with Crippen LogP contribution in [0.5, 0.6) is 11.5 Å². The van der Waals surface area contributed by atoms with Crippen LogP contribution in [0.1, 0.15) is 11.1 Å². The van der Waals surface area contributed by atoms with Crippen LogP contribution in [0.4, 0.5) is 11.4 Å². The van der Waals surface area contributed by atoms with Gasteiger partial charge in [0.1, 0.15) is 12.3 Å². The lowest BCUT2D eigenvalue weighted by Crippen LogP contribution is -2.38. The van der Waals surface area contributed by atoms with E-state index in [1.54, 1.807) is 54.6 Å². The van der Waals surface area contributed by atoms with Gasteiger partial charge in [-0.2, -0.15) is 0 Å². The van der Waals surface area contributed by atoms with Gasteiger partial charge in [-0.25, -0.2) is 8.42 Å². The number of carbonyl (C=O) groups is 1. The molecule has 0 unspecified atom stereocenters. The van der Waals surface area contributed by atoms with Gasteiger partial charge in [-0.15, -0.1) is 0 Å². The molecule has 0 heterocycles. The van der Waals surface area contributed by atoms with E-state index in [0.29, 0.717) is 27.9 Å². The third kappa shape index (κ3) is 5.87. The van der Waals surface area contributed by atoms with Crippen molar-refractivity contribution in [3.8, 4) is 11.5 Å². The number of carbonyl (C=O) groups excluding carboxylic acids is 1. The topological polar surface area (TPSA) is 75.7 Å². The SMILES string of the molecule is Cc1ccc(C)c(N(CC(=O)Nc2cc(Cl)ccc2Oc2ccccc2)S(=O)(=O)c2ccccc2)c1. The summed E-state index contributed by atoms with van der Waals surface area (Å²) < 4.78 is 34.3. The van der Waals surface area contributed by atoms with Crippen LogP contribution in [0.3, 0.4) is 0 Å². The van der Waals surface area contributed by atoms with Gasteiger partial charge in [0.25, 0.3) is 10.0 Å². The average Bonchev–Trinajstić information content (AvgIpc) is 2.87. The monoisotopic (exact) mass is 520 g/mol. The number of nitrogens with one attached hydrogen (secondary N) is 1. The zero-order chi connectivity index (χ0) is 25.7. The Kier molecular flexibility index (Phi) is 7.62. The molecule has 36 heavy (non-hydrogen) atoms. The first kappa shape index (κ1) is 25.3. The molecule has 0 aliphatic heterocycles. The van der Waals surface area contributed by atoms with Crippen LogP contribution >= 0.6 is 11.6 Å². The number of aryl methyl sites for hydroxylation is 2. The zero-order valence-electron chi connectivity index (χ0n) is 19.8. The Bertz CT molecular complexity index is 1480. The summed E-state index contributed by atoms with van der Waals surface area (Å²) in [7, 11) is -4.03. The van der Waals surface area contributed by atoms with Crippen LogP contribution < -0.4 is 14.4 Å². The number of sulfonamides is 1. The predicted molar refractivity (Wildman–Crippen MR) is 143 cm³/mol. The third-order valence-electron chi connectivity index (χ3n) is 5.44. The van der Waals surface area contributed by atoms with Crippen molar-refractivity contribution in [2.45, 2.75) is 18.7 Å². The molecule has 4 aromatic carbocycles. The van der Waals surface area contributed by atoms with E-state index in [4.69, 9.17) is 16.3 Å². The Morgan fingerprint density at radius 2 is 1.56 bits per heavy atom. The summed E-state index contributed by atoms with van der Waals surface area (Å²) in [4.78, 5) is 13.4. The van der Waals surface area contributed by atoms with E-state index in [1.165, 1.54) is 12.1 Å². The molecule has 0 aliphatic rings. The normalized spacial score (nSPS) is 11.1. The molecular weight excluding hydrogens is 496 g/mol. The summed E-state index contributed by atoms with van der Waals surface area (Å²) >= 11 is 6.18. The number of anilines is 2. The van der Waals surface area contributed by atoms with Crippen molar-refractivity contribution in [2.24, 2.45) is 0 Å². The van der Waals surface area contributed by atoms with E-state index >= 15 is 0 Å². The lowest BCUT2D eigenvalue weighted by atomic mass is 10.1. The third-order valence-corrected chi connectivity index (χ3v) is 7.45. The van der Waals surface area contributed by atoms with E-state index < -0.39 is 22.5 Å². The first-order chi connectivity index (χ1) is 17.2. The maximum Gasteiger partial charge on any atom is 0.264 e. The minimum Gasteiger partial charge on any atom is -0.455 e. The highest BCUT2D eigenvalue weighted by atomic mass is 35.5. The smallest absolute Gasteiger partial charge is 0.264 e. The Balaban J connectivity index is 1.67. The molecule has 1 amide bonds. The fraction of sp³-hybridized carbons (Fsp3) is 0.107. The summed E-state index contributed by atoms with van der Waals surface area (Å²) in [5.74, 6) is 0.415. The molecular formula is C28H25ClN2O4S. The summed E-state index contributed by atoms with van der Waals surface area (Å²) in [6.07, 6.45) is 0. The highest BCUT2D eigenvalue weighted by Gasteiger charge is 2.28. The Labute approximate surface area is 216 Å². The summed E-state index contributed by atoms with van der Waals surface area (Å²) in [5.41, 5.74) is 2.36. The number of para-hydroxylation sites is 1. The number of halogens is 1. The molecule has 184 valence electrons. The molecule has 1 N–H and O–H groups in total. The lowest BCUT2D eigenvalue weighted by molar-refractivity contribution is -0.114. The minimum atomic E-state index is -4.03. The minimum absolute atomic E-state index is 0.0922. The fourth-order valence-electron chi connectivity index (χ4n) is 3.63. The molecule has 0 atom stereocenters. The average molecular weight is 521 g/mol. The van der Waals surface area contributed by atoms with Crippen LogP contribution in [-0.2, 0) is 14.8 Å². The second kappa shape index (κ2) is 10.8. The number of nitrogens with zero attached hydrogens (tertiary/aromatic N) is 1. The number of benzene rings is 4. The zero-order valence-corrected chi connectivity index (χ0v) is 21.4. The lowest BCUT2D eigenvalue weighted by Gasteiger charge is -2.26. The molecule has 0 bridgehead atoms. The van der Waals surface area contributed by atoms with Gasteiger partial charge >= 0.3 is 0 Å². The van der Waals surface area contributed by atoms with E-state index in [1.807, 2.05) is 44.2 Å². The van der Waals surface area contributed by atoms with Crippen molar-refractivity contribution >= 4 is 38.9 Å². The molecule has 0 aliphatic carbocycles. The van der Waals surface area contributed by atoms with Crippen LogP contribution in [-0.4, -0.2) is 20.9 Å². The van der Waals surface area contributed by atoms with E-state index in [2.05, 4.69) is 5.32 Å². The molecule has 0 saturated carbocycles. The summed E-state index contributed by atoms with van der Waals surface area (Å²) in [6, 6.07) is 27.5. The second-order valence-corrected chi connectivity index (χ2v) is 10.5. The van der Waals surface area contributed by atoms with Crippen molar-refractivity contribution in [3.05, 3.63) is 113 Å². The molecule has 0 fully saturated rings.